The number of aromatic nitrogens is 2. The monoisotopic (exact) mass is 781 g/mol. The molecule has 3 aromatic carbocycles. The number of nitrogens with one attached hydrogen (secondary N) is 1. The minimum absolute atomic E-state index is 0.0509. The summed E-state index contributed by atoms with van der Waals surface area (Å²) < 4.78 is 67.6. The molecule has 0 bridgehead atoms. The highest BCUT2D eigenvalue weighted by atomic mass is 35.5. The Balaban J connectivity index is 1.55. The molecule has 0 saturated heterocycles. The van der Waals surface area contributed by atoms with E-state index in [-0.39, 0.29) is 41.3 Å². The minimum Gasteiger partial charge on any atom is -0.495 e. The zero-order chi connectivity index (χ0) is 37.5. The Morgan fingerprint density at radius 1 is 1.12 bits per heavy atom. The molecule has 2 N–H and O–H groups in total. The predicted molar refractivity (Wildman–Crippen MR) is 196 cm³/mol. The maximum Gasteiger partial charge on any atom is 0.314 e. The van der Waals surface area contributed by atoms with E-state index in [1.807, 2.05) is 51.7 Å². The molecular formula is C36H41Cl2F2N4O5S2+. The number of rotatable bonds is 15. The van der Waals surface area contributed by atoms with Crippen LogP contribution in [0, 0.1) is 11.6 Å². The molecular weight excluding hydrogens is 741 g/mol. The highest BCUT2D eigenvalue weighted by molar-refractivity contribution is 7.98. The van der Waals surface area contributed by atoms with Gasteiger partial charge in [0.05, 0.1) is 67.0 Å². The van der Waals surface area contributed by atoms with Crippen LogP contribution in [0.25, 0.3) is 5.69 Å². The normalized spacial score (nSPS) is 14.5. The number of carboxylic acids is 1. The molecule has 5 rings (SSSR count). The smallest absolute Gasteiger partial charge is 0.314 e. The van der Waals surface area contributed by atoms with Crippen molar-refractivity contribution >= 4 is 51.0 Å². The van der Waals surface area contributed by atoms with Crippen molar-refractivity contribution in [3.05, 3.63) is 98.8 Å². The number of hydrogen-bond donors (Lipinski definition) is 2. The Kier molecular flexibility index (Phi) is 11.2. The van der Waals surface area contributed by atoms with E-state index < -0.39 is 43.4 Å². The van der Waals surface area contributed by atoms with Crippen molar-refractivity contribution in [1.82, 2.24) is 14.3 Å². The predicted octanol–water partition coefficient (Wildman–Crippen LogP) is 7.57. The van der Waals surface area contributed by atoms with E-state index in [9.17, 15) is 22.7 Å². The summed E-state index contributed by atoms with van der Waals surface area (Å²) >= 11 is 14.3. The van der Waals surface area contributed by atoms with E-state index in [4.69, 9.17) is 27.9 Å². The number of carboxylic acid groups (broad SMARTS) is 1. The Morgan fingerprint density at radius 3 is 2.37 bits per heavy atom. The van der Waals surface area contributed by atoms with E-state index >= 15 is 4.39 Å². The maximum atomic E-state index is 16.0. The van der Waals surface area contributed by atoms with Crippen LogP contribution in [0.4, 0.5) is 8.78 Å². The van der Waals surface area contributed by atoms with Crippen LogP contribution in [-0.4, -0.2) is 74.9 Å². The van der Waals surface area contributed by atoms with Crippen LogP contribution in [0.15, 0.2) is 64.8 Å². The first-order chi connectivity index (χ1) is 23.8. The molecule has 1 heterocycles. The van der Waals surface area contributed by atoms with E-state index in [0.29, 0.717) is 44.8 Å². The third-order valence-electron chi connectivity index (χ3n) is 9.18. The fourth-order valence-corrected chi connectivity index (χ4v) is 9.19. The van der Waals surface area contributed by atoms with E-state index in [2.05, 4.69) is 9.71 Å². The molecule has 0 radical (unpaired) electrons. The van der Waals surface area contributed by atoms with E-state index in [1.54, 1.807) is 24.4 Å². The number of quaternary nitrogens is 1. The van der Waals surface area contributed by atoms with Crippen molar-refractivity contribution in [3.63, 3.8) is 0 Å². The average molecular weight is 783 g/mol. The molecule has 9 nitrogen and oxygen atoms in total. The number of sulfonamides is 1. The fraction of sp³-hybridized carbons (Fsp3) is 0.389. The van der Waals surface area contributed by atoms with Crippen molar-refractivity contribution in [1.29, 1.82) is 0 Å². The van der Waals surface area contributed by atoms with Gasteiger partial charge in [0.15, 0.2) is 5.16 Å². The summed E-state index contributed by atoms with van der Waals surface area (Å²) in [4.78, 5) is 16.7. The molecule has 274 valence electrons. The van der Waals surface area contributed by atoms with Crippen molar-refractivity contribution in [2.75, 3.05) is 41.3 Å². The molecule has 1 aliphatic rings. The van der Waals surface area contributed by atoms with Crippen LogP contribution in [0.1, 0.15) is 55.5 Å². The number of aliphatic carboxylic acids is 1. The summed E-state index contributed by atoms with van der Waals surface area (Å²) in [5.74, 6) is -2.17. The van der Waals surface area contributed by atoms with Gasteiger partial charge in [-0.25, -0.2) is 26.9 Å². The molecule has 15 heteroatoms. The van der Waals surface area contributed by atoms with E-state index in [0.717, 1.165) is 23.4 Å². The second-order valence-corrected chi connectivity index (χ2v) is 17.6. The molecule has 0 unspecified atom stereocenters. The van der Waals surface area contributed by atoms with Crippen LogP contribution in [0.3, 0.4) is 0 Å². The number of ether oxygens (including phenoxy) is 1. The highest BCUT2D eigenvalue weighted by Gasteiger charge is 2.55. The standard InChI is InChI=1S/C36H40Cl2F2N4O5S2/c1-35(2,22-8-13-26(37)28(18-22)49-6)30-20-41-34(43(30)24-11-9-23(39)10-12-24)50-21-25-27(40)19-29(31(32(25)38)36(14-15-36)33(45)46)51(47,48)42-16-7-17-44(3,4)5/h8-13,18-20,42H,7,14-17,21H2,1-6H3/p+1. The van der Waals surface area contributed by atoms with Crippen LogP contribution >= 0.6 is 35.0 Å². The van der Waals surface area contributed by atoms with Gasteiger partial charge in [0.2, 0.25) is 10.0 Å². The maximum absolute atomic E-state index is 16.0. The number of hydrogen-bond acceptors (Lipinski definition) is 6. The van der Waals surface area contributed by atoms with Crippen LogP contribution in [-0.2, 0) is 31.4 Å². The first-order valence-corrected chi connectivity index (χ1v) is 19.4. The van der Waals surface area contributed by atoms with Crippen molar-refractivity contribution in [2.45, 2.75) is 59.7 Å². The van der Waals surface area contributed by atoms with Gasteiger partial charge >= 0.3 is 5.97 Å². The molecule has 0 aliphatic heterocycles. The number of carbonyl (C=O) groups is 1. The lowest BCUT2D eigenvalue weighted by molar-refractivity contribution is -0.870. The van der Waals surface area contributed by atoms with Crippen molar-refractivity contribution in [2.24, 2.45) is 0 Å². The lowest BCUT2D eigenvalue weighted by atomic mass is 9.81. The number of imidazole rings is 1. The Bertz CT molecular complexity index is 2060. The Labute approximate surface area is 311 Å². The Hall–Kier alpha value is -3.20. The largest absolute Gasteiger partial charge is 0.495 e. The average Bonchev–Trinajstić information content (AvgIpc) is 3.75. The summed E-state index contributed by atoms with van der Waals surface area (Å²) in [7, 11) is 3.14. The molecule has 1 saturated carbocycles. The third-order valence-corrected chi connectivity index (χ3v) is 12.4. The summed E-state index contributed by atoms with van der Waals surface area (Å²) in [6.45, 7) is 4.74. The number of halogens is 4. The highest BCUT2D eigenvalue weighted by Crippen LogP contribution is 2.54. The second kappa shape index (κ2) is 14.7. The van der Waals surface area contributed by atoms with Gasteiger partial charge in [0.1, 0.15) is 17.4 Å². The van der Waals surface area contributed by atoms with Gasteiger partial charge in [-0.1, -0.05) is 54.9 Å². The Morgan fingerprint density at radius 2 is 1.78 bits per heavy atom. The van der Waals surface area contributed by atoms with Crippen LogP contribution < -0.4 is 9.46 Å². The SMILES string of the molecule is COc1cc(C(C)(C)c2cnc(SCc3c(F)cc(S(=O)(=O)NCCC[N+](C)(C)C)c(C4(C(=O)O)CC4)c3Cl)n2-c2ccc(F)cc2)ccc1Cl. The van der Waals surface area contributed by atoms with Gasteiger partial charge in [-0.05, 0) is 60.9 Å². The molecule has 0 spiro atoms. The quantitative estimate of drug-likeness (QED) is 0.0728. The lowest BCUT2D eigenvalue weighted by Gasteiger charge is -2.28. The molecule has 1 aliphatic carbocycles. The van der Waals surface area contributed by atoms with Gasteiger partial charge in [0, 0.05) is 40.9 Å². The number of benzene rings is 3. The van der Waals surface area contributed by atoms with E-state index in [1.165, 1.54) is 19.2 Å². The number of methoxy groups -OCH3 is 1. The summed E-state index contributed by atoms with van der Waals surface area (Å²) in [5.41, 5.74) is -0.253. The minimum atomic E-state index is -4.32. The summed E-state index contributed by atoms with van der Waals surface area (Å²) in [6, 6.07) is 12.2. The zero-order valence-corrected chi connectivity index (χ0v) is 32.3. The second-order valence-electron chi connectivity index (χ2n) is 14.2. The topological polar surface area (TPSA) is 111 Å². The zero-order valence-electron chi connectivity index (χ0n) is 29.2. The molecule has 4 aromatic rings. The number of nitrogens with zero attached hydrogens (tertiary/aromatic N) is 3. The molecule has 1 aromatic heterocycles. The van der Waals surface area contributed by atoms with Crippen molar-refractivity contribution < 1.29 is 36.3 Å². The summed E-state index contributed by atoms with van der Waals surface area (Å²) in [5, 5.41) is 10.8. The molecule has 1 fully saturated rings. The fourth-order valence-electron chi connectivity index (χ4n) is 6.01. The van der Waals surface area contributed by atoms with Crippen LogP contribution in [0.2, 0.25) is 10.0 Å². The molecule has 51 heavy (non-hydrogen) atoms. The number of thioether (sulfide) groups is 1. The van der Waals surface area contributed by atoms with Gasteiger partial charge in [-0.15, -0.1) is 0 Å². The first kappa shape index (κ1) is 39.0. The van der Waals surface area contributed by atoms with Gasteiger partial charge in [0.25, 0.3) is 0 Å². The van der Waals surface area contributed by atoms with Crippen LogP contribution in [0.5, 0.6) is 5.75 Å². The van der Waals surface area contributed by atoms with Gasteiger partial charge in [-0.2, -0.15) is 0 Å². The van der Waals surface area contributed by atoms with Gasteiger partial charge < -0.3 is 14.3 Å². The third kappa shape index (κ3) is 8.08. The summed E-state index contributed by atoms with van der Waals surface area (Å²) in [6.07, 6.45) is 2.51. The van der Waals surface area contributed by atoms with Gasteiger partial charge in [-0.3, -0.25) is 9.36 Å². The van der Waals surface area contributed by atoms with Crippen molar-refractivity contribution in [3.8, 4) is 11.4 Å². The molecule has 0 atom stereocenters. The lowest BCUT2D eigenvalue weighted by Crippen LogP contribution is -2.37. The first-order valence-electron chi connectivity index (χ1n) is 16.2. The molecule has 0 amide bonds.